The van der Waals surface area contributed by atoms with Gasteiger partial charge in [-0.05, 0) is 61.6 Å². The molecule has 0 radical (unpaired) electrons. The van der Waals surface area contributed by atoms with Crippen LogP contribution >= 0.6 is 11.6 Å². The number of rotatable bonds is 2. The molecule has 2 bridgehead atoms. The fraction of sp³-hybridized carbons (Fsp3) is 0.591. The first-order chi connectivity index (χ1) is 12.1. The lowest BCUT2D eigenvalue weighted by atomic mass is 9.65. The number of aromatic nitrogens is 1. The zero-order valence-corrected chi connectivity index (χ0v) is 17.3. The molecule has 2 fully saturated rings. The van der Waals surface area contributed by atoms with Crippen LogP contribution in [0.1, 0.15) is 56.9 Å². The van der Waals surface area contributed by atoms with Crippen molar-refractivity contribution in [3.63, 3.8) is 0 Å². The van der Waals surface area contributed by atoms with E-state index >= 15 is 0 Å². The Hall–Kier alpha value is -1.32. The molecule has 1 aromatic carbocycles. The van der Waals surface area contributed by atoms with Crippen LogP contribution in [-0.2, 0) is 6.54 Å². The van der Waals surface area contributed by atoms with Gasteiger partial charge >= 0.3 is 0 Å². The zero-order valence-electron chi connectivity index (χ0n) is 16.5. The van der Waals surface area contributed by atoms with Gasteiger partial charge in [0.15, 0.2) is 5.43 Å². The lowest BCUT2D eigenvalue weighted by Crippen LogP contribution is -2.35. The van der Waals surface area contributed by atoms with Gasteiger partial charge in [0.2, 0.25) is 0 Å². The van der Waals surface area contributed by atoms with E-state index in [0.29, 0.717) is 27.3 Å². The fourth-order valence-electron chi connectivity index (χ4n) is 5.84. The number of hydrogen-bond donors (Lipinski definition) is 1. The van der Waals surface area contributed by atoms with E-state index in [9.17, 15) is 4.79 Å². The molecule has 3 nitrogen and oxygen atoms in total. The van der Waals surface area contributed by atoms with E-state index in [1.165, 1.54) is 19.3 Å². The highest BCUT2D eigenvalue weighted by molar-refractivity contribution is 6.31. The summed E-state index contributed by atoms with van der Waals surface area (Å²) in [5.41, 5.74) is 4.71. The molecule has 1 aliphatic carbocycles. The summed E-state index contributed by atoms with van der Waals surface area (Å²) in [7, 11) is 0. The van der Waals surface area contributed by atoms with Gasteiger partial charge < -0.3 is 4.98 Å². The molecule has 2 heterocycles. The molecule has 1 saturated heterocycles. The summed E-state index contributed by atoms with van der Waals surface area (Å²) >= 11 is 6.22. The molecule has 2 unspecified atom stereocenters. The average molecular weight is 373 g/mol. The van der Waals surface area contributed by atoms with Gasteiger partial charge in [0.25, 0.3) is 0 Å². The van der Waals surface area contributed by atoms with E-state index < -0.39 is 0 Å². The number of aromatic amines is 1. The smallest absolute Gasteiger partial charge is 0.194 e. The van der Waals surface area contributed by atoms with Crippen LogP contribution < -0.4 is 5.43 Å². The highest BCUT2D eigenvalue weighted by Crippen LogP contribution is 2.52. The Kier molecular flexibility index (Phi) is 4.06. The van der Waals surface area contributed by atoms with Crippen LogP contribution in [0.2, 0.25) is 5.02 Å². The monoisotopic (exact) mass is 372 g/mol. The van der Waals surface area contributed by atoms with Gasteiger partial charge in [-0.3, -0.25) is 9.69 Å². The maximum absolute atomic E-state index is 13.2. The third-order valence-electron chi connectivity index (χ3n) is 6.47. The molecule has 1 aliphatic heterocycles. The SMILES string of the molecule is Cc1[nH]c2c(C)cc(Cl)cc2c(=O)c1CN1CC2(C)CC1CC(C)(C)C2. The highest BCUT2D eigenvalue weighted by atomic mass is 35.5. The average Bonchev–Trinajstić information content (AvgIpc) is 2.73. The first-order valence-electron chi connectivity index (χ1n) is 9.63. The summed E-state index contributed by atoms with van der Waals surface area (Å²) in [4.78, 5) is 19.3. The lowest BCUT2D eigenvalue weighted by molar-refractivity contribution is 0.126. The van der Waals surface area contributed by atoms with Crippen molar-refractivity contribution in [3.05, 3.63) is 44.2 Å². The molecular formula is C22H29ClN2O. The number of H-pyrrole nitrogens is 1. The molecule has 1 saturated carbocycles. The maximum atomic E-state index is 13.2. The van der Waals surface area contributed by atoms with Crippen molar-refractivity contribution in [2.45, 2.75) is 66.5 Å². The van der Waals surface area contributed by atoms with E-state index in [4.69, 9.17) is 11.6 Å². The quantitative estimate of drug-likeness (QED) is 0.786. The number of likely N-dealkylation sites (tertiary alicyclic amines) is 1. The summed E-state index contributed by atoms with van der Waals surface area (Å²) in [6, 6.07) is 4.29. The fourth-order valence-corrected chi connectivity index (χ4v) is 6.11. The maximum Gasteiger partial charge on any atom is 0.194 e. The van der Waals surface area contributed by atoms with Crippen LogP contribution in [0.3, 0.4) is 0 Å². The van der Waals surface area contributed by atoms with Gasteiger partial charge in [0.05, 0.1) is 5.52 Å². The molecular weight excluding hydrogens is 344 g/mol. The standard InChI is InChI=1S/C22H29ClN2O/c1-13-6-15(23)7-17-19(13)24-14(2)18(20(17)26)10-25-12-22(5)9-16(25)8-21(3,4)11-22/h6-7,16H,8-12H2,1-5H3,(H,24,26). The highest BCUT2D eigenvalue weighted by Gasteiger charge is 2.49. The van der Waals surface area contributed by atoms with Crippen LogP contribution in [-0.4, -0.2) is 22.5 Å². The second-order valence-electron chi connectivity index (χ2n) is 9.82. The number of fused-ring (bicyclic) bond motifs is 3. The van der Waals surface area contributed by atoms with Crippen molar-refractivity contribution in [3.8, 4) is 0 Å². The van der Waals surface area contributed by atoms with Crippen molar-refractivity contribution in [2.75, 3.05) is 6.54 Å². The van der Waals surface area contributed by atoms with E-state index in [-0.39, 0.29) is 5.43 Å². The lowest BCUT2D eigenvalue weighted by Gasteiger charge is -2.40. The third kappa shape index (κ3) is 2.99. The molecule has 140 valence electrons. The van der Waals surface area contributed by atoms with Crippen molar-refractivity contribution in [1.29, 1.82) is 0 Å². The van der Waals surface area contributed by atoms with Gasteiger partial charge in [0.1, 0.15) is 0 Å². The first-order valence-corrected chi connectivity index (χ1v) is 10.0. The Bertz CT molecular complexity index is 945. The van der Waals surface area contributed by atoms with E-state index in [1.54, 1.807) is 6.07 Å². The van der Waals surface area contributed by atoms with Crippen molar-refractivity contribution in [2.24, 2.45) is 10.8 Å². The zero-order chi connectivity index (χ0) is 18.9. The molecule has 26 heavy (non-hydrogen) atoms. The minimum absolute atomic E-state index is 0.132. The molecule has 1 aromatic heterocycles. The van der Waals surface area contributed by atoms with Gasteiger partial charge in [-0.2, -0.15) is 0 Å². The summed E-state index contributed by atoms with van der Waals surface area (Å²) in [5, 5.41) is 1.34. The molecule has 0 amide bonds. The molecule has 1 N–H and O–H groups in total. The number of nitrogens with one attached hydrogen (secondary N) is 1. The van der Waals surface area contributed by atoms with Crippen molar-refractivity contribution in [1.82, 2.24) is 9.88 Å². The molecule has 2 aliphatic rings. The molecule has 4 rings (SSSR count). The largest absolute Gasteiger partial charge is 0.358 e. The summed E-state index contributed by atoms with van der Waals surface area (Å²) in [6.45, 7) is 13.0. The molecule has 0 spiro atoms. The number of pyridine rings is 1. The third-order valence-corrected chi connectivity index (χ3v) is 6.69. The van der Waals surface area contributed by atoms with Crippen molar-refractivity contribution < 1.29 is 0 Å². The van der Waals surface area contributed by atoms with Crippen LogP contribution in [0.15, 0.2) is 16.9 Å². The number of benzene rings is 1. The Morgan fingerprint density at radius 2 is 1.96 bits per heavy atom. The molecule has 4 heteroatoms. The second kappa shape index (κ2) is 5.84. The number of nitrogens with zero attached hydrogens (tertiary/aromatic N) is 1. The summed E-state index contributed by atoms with van der Waals surface area (Å²) in [5.74, 6) is 0. The van der Waals surface area contributed by atoms with Gasteiger partial charge in [0, 0.05) is 40.8 Å². The Morgan fingerprint density at radius 3 is 2.69 bits per heavy atom. The van der Waals surface area contributed by atoms with E-state index in [1.807, 2.05) is 19.9 Å². The Balaban J connectivity index is 1.74. The summed E-state index contributed by atoms with van der Waals surface area (Å²) in [6.07, 6.45) is 3.75. The van der Waals surface area contributed by atoms with E-state index in [2.05, 4.69) is 30.7 Å². The Labute approximate surface area is 160 Å². The number of hydrogen-bond acceptors (Lipinski definition) is 2. The predicted octanol–water partition coefficient (Wildman–Crippen LogP) is 5.20. The topological polar surface area (TPSA) is 36.1 Å². The van der Waals surface area contributed by atoms with Crippen molar-refractivity contribution >= 4 is 22.5 Å². The van der Waals surface area contributed by atoms with Crippen LogP contribution in [0.25, 0.3) is 10.9 Å². The summed E-state index contributed by atoms with van der Waals surface area (Å²) < 4.78 is 0. The Morgan fingerprint density at radius 1 is 1.23 bits per heavy atom. The van der Waals surface area contributed by atoms with Gasteiger partial charge in [-0.25, -0.2) is 0 Å². The minimum Gasteiger partial charge on any atom is -0.358 e. The van der Waals surface area contributed by atoms with Gasteiger partial charge in [-0.15, -0.1) is 0 Å². The minimum atomic E-state index is 0.132. The predicted molar refractivity (Wildman–Crippen MR) is 109 cm³/mol. The van der Waals surface area contributed by atoms with E-state index in [0.717, 1.165) is 35.4 Å². The van der Waals surface area contributed by atoms with Crippen LogP contribution in [0, 0.1) is 24.7 Å². The second-order valence-corrected chi connectivity index (χ2v) is 10.3. The molecule has 2 atom stereocenters. The van der Waals surface area contributed by atoms with Crippen LogP contribution in [0.4, 0.5) is 0 Å². The molecule has 2 aromatic rings. The normalized spacial score (nSPS) is 28.0. The van der Waals surface area contributed by atoms with Gasteiger partial charge in [-0.1, -0.05) is 32.4 Å². The number of aryl methyl sites for hydroxylation is 2. The first kappa shape index (κ1) is 18.1. The number of halogens is 1. The van der Waals surface area contributed by atoms with Crippen LogP contribution in [0.5, 0.6) is 0 Å².